The first kappa shape index (κ1) is 33.5. The SMILES string of the molecule is CCN1/C(=C/C=C2\CCC(/C=C/C3=[N+](CC)c4ccc(OC)cc4C3(C)C)=C2Oc2cccc3ccccc23)C(C)(C)c2cc(OC)ccc21. The van der Waals surface area contributed by atoms with Crippen LogP contribution in [-0.4, -0.2) is 37.6 Å². The number of anilines is 1. The van der Waals surface area contributed by atoms with E-state index >= 15 is 0 Å². The Labute approximate surface area is 297 Å². The molecule has 256 valence electrons. The predicted octanol–water partition coefficient (Wildman–Crippen LogP) is 10.6. The standard InChI is InChI=1S/C45H49N2O3/c1-9-46-38-24-22-33(48-7)28-36(38)44(3,4)41(46)26-20-31-18-19-32(43(31)50-40-17-13-15-30-14-11-12-16-35(30)40)21-27-42-45(5,6)37-29-34(49-8)23-25-39(37)47(42)10-2/h11-17,20-29H,9-10,18-19H2,1-8H3/q+1. The van der Waals surface area contributed by atoms with Gasteiger partial charge in [0.1, 0.15) is 29.6 Å². The lowest BCUT2D eigenvalue weighted by molar-refractivity contribution is -0.433. The maximum Gasteiger partial charge on any atom is 0.210 e. The number of rotatable bonds is 9. The fourth-order valence-electron chi connectivity index (χ4n) is 8.15. The minimum absolute atomic E-state index is 0.176. The molecule has 0 N–H and O–H groups in total. The Hall–Kier alpha value is -5.03. The molecule has 0 saturated heterocycles. The number of methoxy groups -OCH3 is 2. The van der Waals surface area contributed by atoms with Gasteiger partial charge in [-0.2, -0.15) is 4.58 Å². The summed E-state index contributed by atoms with van der Waals surface area (Å²) < 4.78 is 20.7. The summed E-state index contributed by atoms with van der Waals surface area (Å²) in [6.07, 6.45) is 11.1. The van der Waals surface area contributed by atoms with Crippen LogP contribution in [0.1, 0.15) is 65.5 Å². The van der Waals surface area contributed by atoms with Crippen LogP contribution in [0.25, 0.3) is 10.8 Å². The third-order valence-corrected chi connectivity index (χ3v) is 10.9. The van der Waals surface area contributed by atoms with Gasteiger partial charge >= 0.3 is 0 Å². The van der Waals surface area contributed by atoms with Crippen LogP contribution in [-0.2, 0) is 10.8 Å². The Bertz CT molecular complexity index is 2140. The summed E-state index contributed by atoms with van der Waals surface area (Å²) in [5.41, 5.74) is 9.69. The molecule has 2 aliphatic heterocycles. The molecule has 0 spiro atoms. The van der Waals surface area contributed by atoms with Crippen molar-refractivity contribution in [2.45, 2.75) is 65.2 Å². The molecule has 0 aromatic heterocycles. The molecule has 5 nitrogen and oxygen atoms in total. The highest BCUT2D eigenvalue weighted by Crippen LogP contribution is 2.49. The zero-order valence-corrected chi connectivity index (χ0v) is 30.8. The fraction of sp³-hybridized carbons (Fsp3) is 0.311. The summed E-state index contributed by atoms with van der Waals surface area (Å²) in [6, 6.07) is 27.7. The van der Waals surface area contributed by atoms with Crippen LogP contribution in [0, 0.1) is 0 Å². The highest BCUT2D eigenvalue weighted by molar-refractivity contribution is 6.03. The maximum absolute atomic E-state index is 7.00. The molecule has 0 atom stereocenters. The largest absolute Gasteiger partial charge is 0.497 e. The third kappa shape index (κ3) is 5.53. The van der Waals surface area contributed by atoms with Gasteiger partial charge in [0, 0.05) is 46.4 Å². The van der Waals surface area contributed by atoms with E-state index in [4.69, 9.17) is 14.2 Å². The van der Waals surface area contributed by atoms with Gasteiger partial charge in [0.05, 0.1) is 19.6 Å². The number of likely N-dealkylation sites (N-methyl/N-ethyl adjacent to an activating group) is 1. The predicted molar refractivity (Wildman–Crippen MR) is 207 cm³/mol. The molecule has 0 bridgehead atoms. The molecule has 2 heterocycles. The summed E-state index contributed by atoms with van der Waals surface area (Å²) in [6.45, 7) is 15.5. The van der Waals surface area contributed by atoms with E-state index in [1.165, 1.54) is 50.4 Å². The Morgan fingerprint density at radius 3 is 2.22 bits per heavy atom. The van der Waals surface area contributed by atoms with Gasteiger partial charge in [0.25, 0.3) is 0 Å². The van der Waals surface area contributed by atoms with Crippen LogP contribution < -0.4 is 19.1 Å². The number of nitrogens with zero attached hydrogens (tertiary/aromatic N) is 2. The molecule has 0 unspecified atom stereocenters. The summed E-state index contributed by atoms with van der Waals surface area (Å²) in [5.74, 6) is 3.61. The third-order valence-electron chi connectivity index (χ3n) is 10.9. The second-order valence-corrected chi connectivity index (χ2v) is 14.4. The van der Waals surface area contributed by atoms with Crippen LogP contribution >= 0.6 is 0 Å². The number of benzene rings is 4. The molecule has 0 fully saturated rings. The van der Waals surface area contributed by atoms with Crippen molar-refractivity contribution >= 4 is 27.9 Å². The second-order valence-electron chi connectivity index (χ2n) is 14.4. The first-order chi connectivity index (χ1) is 24.1. The number of allylic oxidation sites excluding steroid dienone is 7. The maximum atomic E-state index is 7.00. The van der Waals surface area contributed by atoms with Gasteiger partial charge in [-0.15, -0.1) is 0 Å². The van der Waals surface area contributed by atoms with Crippen molar-refractivity contribution in [2.75, 3.05) is 32.2 Å². The van der Waals surface area contributed by atoms with E-state index in [0.717, 1.165) is 54.3 Å². The summed E-state index contributed by atoms with van der Waals surface area (Å²) in [5, 5.41) is 2.28. The first-order valence-corrected chi connectivity index (χ1v) is 17.9. The van der Waals surface area contributed by atoms with E-state index in [9.17, 15) is 0 Å². The van der Waals surface area contributed by atoms with Crippen LogP contribution in [0.4, 0.5) is 11.4 Å². The van der Waals surface area contributed by atoms with E-state index in [1.54, 1.807) is 14.2 Å². The normalized spacial score (nSPS) is 19.3. The van der Waals surface area contributed by atoms with Gasteiger partial charge in [-0.25, -0.2) is 0 Å². The second kappa shape index (κ2) is 13.0. The Kier molecular flexibility index (Phi) is 8.71. The Morgan fingerprint density at radius 2 is 1.48 bits per heavy atom. The van der Waals surface area contributed by atoms with E-state index in [1.807, 2.05) is 0 Å². The molecule has 3 aliphatic rings. The summed E-state index contributed by atoms with van der Waals surface area (Å²) >= 11 is 0. The Morgan fingerprint density at radius 1 is 0.760 bits per heavy atom. The fourth-order valence-corrected chi connectivity index (χ4v) is 8.15. The van der Waals surface area contributed by atoms with Crippen molar-refractivity contribution in [1.82, 2.24) is 0 Å². The monoisotopic (exact) mass is 665 g/mol. The van der Waals surface area contributed by atoms with Gasteiger partial charge in [-0.3, -0.25) is 0 Å². The first-order valence-electron chi connectivity index (χ1n) is 17.9. The highest BCUT2D eigenvalue weighted by Gasteiger charge is 2.44. The van der Waals surface area contributed by atoms with E-state index in [-0.39, 0.29) is 10.8 Å². The number of ether oxygens (including phenoxy) is 3. The van der Waals surface area contributed by atoms with Crippen LogP contribution in [0.15, 0.2) is 126 Å². The highest BCUT2D eigenvalue weighted by atomic mass is 16.5. The molecule has 7 rings (SSSR count). The molecule has 4 aromatic rings. The van der Waals surface area contributed by atoms with E-state index < -0.39 is 0 Å². The van der Waals surface area contributed by atoms with Crippen LogP contribution in [0.3, 0.4) is 0 Å². The topological polar surface area (TPSA) is 33.9 Å². The van der Waals surface area contributed by atoms with Crippen LogP contribution in [0.2, 0.25) is 0 Å². The molecule has 5 heteroatoms. The van der Waals surface area contributed by atoms with Gasteiger partial charge in [0.15, 0.2) is 5.71 Å². The van der Waals surface area contributed by atoms with E-state index in [2.05, 4.69) is 154 Å². The number of fused-ring (bicyclic) bond motifs is 3. The zero-order valence-electron chi connectivity index (χ0n) is 30.8. The Balaban J connectivity index is 1.32. The smallest absolute Gasteiger partial charge is 0.210 e. The lowest BCUT2D eigenvalue weighted by atomic mass is 9.81. The molecule has 1 aliphatic carbocycles. The van der Waals surface area contributed by atoms with Gasteiger partial charge in [0.2, 0.25) is 5.69 Å². The lowest BCUT2D eigenvalue weighted by Crippen LogP contribution is -2.27. The molecule has 0 amide bonds. The minimum atomic E-state index is -0.176. The average Bonchev–Trinajstić information content (AvgIpc) is 3.69. The van der Waals surface area contributed by atoms with Crippen molar-refractivity contribution in [3.8, 4) is 17.2 Å². The van der Waals surface area contributed by atoms with Crippen molar-refractivity contribution in [2.24, 2.45) is 0 Å². The lowest BCUT2D eigenvalue weighted by Gasteiger charge is -2.26. The summed E-state index contributed by atoms with van der Waals surface area (Å²) in [4.78, 5) is 2.43. The molecule has 4 aromatic carbocycles. The quantitative estimate of drug-likeness (QED) is 0.167. The van der Waals surface area contributed by atoms with Gasteiger partial charge in [-0.1, -0.05) is 56.3 Å². The van der Waals surface area contributed by atoms with Crippen molar-refractivity contribution in [1.29, 1.82) is 0 Å². The van der Waals surface area contributed by atoms with Gasteiger partial charge < -0.3 is 19.1 Å². The number of hydrogen-bond acceptors (Lipinski definition) is 4. The molecule has 0 radical (unpaired) electrons. The minimum Gasteiger partial charge on any atom is -0.497 e. The average molecular weight is 666 g/mol. The molecule has 50 heavy (non-hydrogen) atoms. The van der Waals surface area contributed by atoms with Crippen molar-refractivity contribution in [3.63, 3.8) is 0 Å². The summed E-state index contributed by atoms with van der Waals surface area (Å²) in [7, 11) is 3.47. The molecule has 0 saturated carbocycles. The van der Waals surface area contributed by atoms with Crippen molar-refractivity contribution in [3.05, 3.63) is 137 Å². The molecular weight excluding hydrogens is 617 g/mol. The van der Waals surface area contributed by atoms with E-state index in [0.29, 0.717) is 0 Å². The van der Waals surface area contributed by atoms with Gasteiger partial charge in [-0.05, 0) is 111 Å². The van der Waals surface area contributed by atoms with Crippen molar-refractivity contribution < 1.29 is 18.8 Å². The molecular formula is C45H49N2O3+. The van der Waals surface area contributed by atoms with Crippen LogP contribution in [0.5, 0.6) is 17.2 Å². The zero-order chi connectivity index (χ0) is 35.2. The number of hydrogen-bond donors (Lipinski definition) is 0.